The molecule has 1 amide bonds. The van der Waals surface area contributed by atoms with Crippen molar-refractivity contribution in [2.75, 3.05) is 23.8 Å². The zero-order valence-electron chi connectivity index (χ0n) is 19.5. The Balaban J connectivity index is 1.96. The van der Waals surface area contributed by atoms with Crippen molar-refractivity contribution in [2.45, 2.75) is 31.1 Å². The maximum absolute atomic E-state index is 13.2. The number of hydrogen-bond acceptors (Lipinski definition) is 4. The summed E-state index contributed by atoms with van der Waals surface area (Å²) < 4.78 is 45.9. The largest absolute Gasteiger partial charge is 0.495 e. The summed E-state index contributed by atoms with van der Waals surface area (Å²) in [5.41, 5.74) is 1.51. The second kappa shape index (κ2) is 9.64. The van der Waals surface area contributed by atoms with E-state index in [1.807, 2.05) is 32.9 Å². The molecule has 0 saturated heterocycles. The van der Waals surface area contributed by atoms with Gasteiger partial charge in [0.25, 0.3) is 15.9 Å². The molecule has 0 bridgehead atoms. The molecule has 34 heavy (non-hydrogen) atoms. The lowest BCUT2D eigenvalue weighted by atomic mass is 9.87. The summed E-state index contributed by atoms with van der Waals surface area (Å²) in [6, 6.07) is 14.4. The summed E-state index contributed by atoms with van der Waals surface area (Å²) in [5, 5.41) is 2.87. The van der Waals surface area contributed by atoms with Crippen molar-refractivity contribution in [3.63, 3.8) is 0 Å². The molecule has 0 atom stereocenters. The molecule has 0 aliphatic carbocycles. The summed E-state index contributed by atoms with van der Waals surface area (Å²) in [4.78, 5) is 13.0. The molecule has 6 nitrogen and oxygen atoms in total. The zero-order valence-corrected chi connectivity index (χ0v) is 21.1. The Hall–Kier alpha value is -3.10. The van der Waals surface area contributed by atoms with E-state index in [2.05, 4.69) is 5.32 Å². The third-order valence-corrected chi connectivity index (χ3v) is 7.46. The average molecular weight is 505 g/mol. The molecule has 0 radical (unpaired) electrons. The third kappa shape index (κ3) is 5.34. The van der Waals surface area contributed by atoms with Crippen molar-refractivity contribution in [3.8, 4) is 5.75 Å². The molecule has 3 aromatic carbocycles. The number of nitrogens with one attached hydrogen (secondary N) is 1. The highest BCUT2D eigenvalue weighted by Crippen LogP contribution is 2.33. The topological polar surface area (TPSA) is 75.7 Å². The van der Waals surface area contributed by atoms with Gasteiger partial charge in [-0.15, -0.1) is 0 Å². The molecule has 0 heterocycles. The molecule has 0 spiro atoms. The SMILES string of the molecule is COc1ccc(C(C)(C)C)cc1NC(=O)c1cc(S(=O)(=O)N(C)c2ccc(F)cc2)ccc1Cl. The van der Waals surface area contributed by atoms with Gasteiger partial charge < -0.3 is 10.1 Å². The molecule has 1 N–H and O–H groups in total. The van der Waals surface area contributed by atoms with E-state index in [9.17, 15) is 17.6 Å². The molecule has 9 heteroatoms. The Morgan fingerprint density at radius 3 is 2.26 bits per heavy atom. The molecule has 180 valence electrons. The first-order valence-corrected chi connectivity index (χ1v) is 12.2. The summed E-state index contributed by atoms with van der Waals surface area (Å²) >= 11 is 6.26. The van der Waals surface area contributed by atoms with Crippen LogP contribution in [0.1, 0.15) is 36.7 Å². The van der Waals surface area contributed by atoms with Gasteiger partial charge >= 0.3 is 0 Å². The van der Waals surface area contributed by atoms with Crippen molar-refractivity contribution in [1.82, 2.24) is 0 Å². The number of rotatable bonds is 6. The van der Waals surface area contributed by atoms with Gasteiger partial charge in [0.1, 0.15) is 11.6 Å². The fourth-order valence-electron chi connectivity index (χ4n) is 3.25. The number of benzene rings is 3. The van der Waals surface area contributed by atoms with Gasteiger partial charge in [-0.25, -0.2) is 12.8 Å². The minimum atomic E-state index is -4.04. The number of hydrogen-bond donors (Lipinski definition) is 1. The highest BCUT2D eigenvalue weighted by atomic mass is 35.5. The van der Waals surface area contributed by atoms with Gasteiger partial charge in [0.2, 0.25) is 0 Å². The predicted molar refractivity (Wildman–Crippen MR) is 133 cm³/mol. The molecule has 3 rings (SSSR count). The van der Waals surface area contributed by atoms with E-state index in [0.29, 0.717) is 11.4 Å². The van der Waals surface area contributed by atoms with Crippen molar-refractivity contribution in [1.29, 1.82) is 0 Å². The highest BCUT2D eigenvalue weighted by Gasteiger charge is 2.25. The molecule has 3 aromatic rings. The van der Waals surface area contributed by atoms with E-state index in [1.54, 1.807) is 6.07 Å². The number of methoxy groups -OCH3 is 1. The smallest absolute Gasteiger partial charge is 0.264 e. The van der Waals surface area contributed by atoms with Gasteiger partial charge in [-0.2, -0.15) is 0 Å². The number of nitrogens with zero attached hydrogens (tertiary/aromatic N) is 1. The molecule has 0 aliphatic rings. The Morgan fingerprint density at radius 1 is 1.03 bits per heavy atom. The van der Waals surface area contributed by atoms with Crippen LogP contribution in [0.5, 0.6) is 5.75 Å². The van der Waals surface area contributed by atoms with Crippen LogP contribution in [0.4, 0.5) is 15.8 Å². The van der Waals surface area contributed by atoms with Crippen molar-refractivity contribution in [3.05, 3.63) is 82.6 Å². The number of sulfonamides is 1. The molecular formula is C25H26ClFN2O4S. The number of halogens is 2. The monoisotopic (exact) mass is 504 g/mol. The first-order chi connectivity index (χ1) is 15.8. The minimum Gasteiger partial charge on any atom is -0.495 e. The van der Waals surface area contributed by atoms with Gasteiger partial charge in [0.15, 0.2) is 0 Å². The fourth-order valence-corrected chi connectivity index (χ4v) is 4.67. The second-order valence-corrected chi connectivity index (χ2v) is 11.1. The highest BCUT2D eigenvalue weighted by molar-refractivity contribution is 7.92. The summed E-state index contributed by atoms with van der Waals surface area (Å²) in [6.45, 7) is 6.13. The number of amides is 1. The Kier molecular flexibility index (Phi) is 7.24. The Morgan fingerprint density at radius 2 is 1.68 bits per heavy atom. The Labute approximate surface area is 204 Å². The molecule has 0 unspecified atom stereocenters. The summed E-state index contributed by atoms with van der Waals surface area (Å²) in [6.07, 6.45) is 0. The van der Waals surface area contributed by atoms with E-state index >= 15 is 0 Å². The summed E-state index contributed by atoms with van der Waals surface area (Å²) in [7, 11) is -1.20. The van der Waals surface area contributed by atoms with Gasteiger partial charge in [-0.3, -0.25) is 9.10 Å². The number of carbonyl (C=O) groups is 1. The van der Waals surface area contributed by atoms with Crippen LogP contribution >= 0.6 is 11.6 Å². The first-order valence-electron chi connectivity index (χ1n) is 10.4. The lowest BCUT2D eigenvalue weighted by molar-refractivity contribution is 0.102. The fraction of sp³-hybridized carbons (Fsp3) is 0.240. The molecule has 0 aromatic heterocycles. The van der Waals surface area contributed by atoms with E-state index in [4.69, 9.17) is 16.3 Å². The van der Waals surface area contributed by atoms with E-state index < -0.39 is 21.7 Å². The molecule has 0 fully saturated rings. The maximum Gasteiger partial charge on any atom is 0.264 e. The van der Waals surface area contributed by atoms with Crippen molar-refractivity contribution in [2.24, 2.45) is 0 Å². The number of carbonyl (C=O) groups excluding carboxylic acids is 1. The van der Waals surface area contributed by atoms with Gasteiger partial charge in [-0.05, 0) is 65.6 Å². The van der Waals surface area contributed by atoms with Gasteiger partial charge in [-0.1, -0.05) is 38.4 Å². The normalized spacial score (nSPS) is 11.7. The van der Waals surface area contributed by atoms with Crippen molar-refractivity contribution >= 4 is 38.9 Å². The first kappa shape index (κ1) is 25.5. The average Bonchev–Trinajstić information content (AvgIpc) is 2.78. The lowest BCUT2D eigenvalue weighted by Crippen LogP contribution is -2.27. The second-order valence-electron chi connectivity index (χ2n) is 8.71. The van der Waals surface area contributed by atoms with E-state index in [-0.39, 0.29) is 26.6 Å². The molecular weight excluding hydrogens is 479 g/mol. The zero-order chi connectivity index (χ0) is 25.3. The van der Waals surface area contributed by atoms with Crippen LogP contribution in [-0.2, 0) is 15.4 Å². The van der Waals surface area contributed by atoms with Crippen LogP contribution in [0.2, 0.25) is 5.02 Å². The summed E-state index contributed by atoms with van der Waals surface area (Å²) in [5.74, 6) is -0.612. The van der Waals surface area contributed by atoms with Crippen LogP contribution in [0.15, 0.2) is 65.6 Å². The van der Waals surface area contributed by atoms with Crippen LogP contribution in [0.3, 0.4) is 0 Å². The van der Waals surface area contributed by atoms with Crippen LogP contribution in [-0.4, -0.2) is 28.5 Å². The standard InChI is InChI=1S/C25H26ClFN2O4S/c1-25(2,3)16-6-13-23(33-5)22(14-16)28-24(30)20-15-19(11-12-21(20)26)34(31,32)29(4)18-9-7-17(27)8-10-18/h6-15H,1-5H3,(H,28,30). The number of anilines is 2. The number of ether oxygens (including phenoxy) is 1. The maximum atomic E-state index is 13.2. The molecule has 0 saturated carbocycles. The lowest BCUT2D eigenvalue weighted by Gasteiger charge is -2.22. The molecule has 0 aliphatic heterocycles. The van der Waals surface area contributed by atoms with E-state index in [1.165, 1.54) is 56.6 Å². The minimum absolute atomic E-state index is 0.0153. The quantitative estimate of drug-likeness (QED) is 0.456. The van der Waals surface area contributed by atoms with Crippen LogP contribution < -0.4 is 14.4 Å². The Bertz CT molecular complexity index is 1320. The predicted octanol–water partition coefficient (Wildman–Crippen LogP) is 5.86. The van der Waals surface area contributed by atoms with Gasteiger partial charge in [0.05, 0.1) is 34.0 Å². The van der Waals surface area contributed by atoms with Gasteiger partial charge in [0, 0.05) is 7.05 Å². The van der Waals surface area contributed by atoms with E-state index in [0.717, 1.165) is 9.87 Å². The third-order valence-electron chi connectivity index (χ3n) is 5.34. The van der Waals surface area contributed by atoms with Crippen LogP contribution in [0.25, 0.3) is 0 Å². The van der Waals surface area contributed by atoms with Crippen LogP contribution in [0, 0.1) is 5.82 Å². The van der Waals surface area contributed by atoms with Crippen molar-refractivity contribution < 1.29 is 22.3 Å².